The lowest BCUT2D eigenvalue weighted by Crippen LogP contribution is -2.04. The zero-order valence-corrected chi connectivity index (χ0v) is 13.0. The van der Waals surface area contributed by atoms with Crippen LogP contribution in [0.4, 0.5) is 18.9 Å². The number of nitrogens with one attached hydrogen (secondary N) is 1. The van der Waals surface area contributed by atoms with Gasteiger partial charge >= 0.3 is 6.18 Å². The van der Waals surface area contributed by atoms with Gasteiger partial charge in [0.25, 0.3) is 0 Å². The van der Waals surface area contributed by atoms with Gasteiger partial charge in [-0.15, -0.1) is 0 Å². The van der Waals surface area contributed by atoms with Gasteiger partial charge in [0.1, 0.15) is 0 Å². The van der Waals surface area contributed by atoms with Gasteiger partial charge in [0.2, 0.25) is 0 Å². The number of anilines is 1. The average molecular weight is 360 g/mol. The second kappa shape index (κ2) is 7.06. The minimum absolute atomic E-state index is 0.240. The van der Waals surface area contributed by atoms with Crippen LogP contribution in [0.1, 0.15) is 15.9 Å². The molecule has 0 amide bonds. The number of carbonyl (C=O) groups is 1. The summed E-state index contributed by atoms with van der Waals surface area (Å²) in [6.45, 7) is 0. The Kier molecular flexibility index (Phi) is 5.34. The van der Waals surface area contributed by atoms with E-state index in [9.17, 15) is 18.0 Å². The predicted molar refractivity (Wildman–Crippen MR) is 85.0 cm³/mol. The van der Waals surface area contributed by atoms with Gasteiger partial charge < -0.3 is 5.32 Å². The molecular formula is C16H10Cl2F3NO. The van der Waals surface area contributed by atoms with E-state index in [2.05, 4.69) is 5.32 Å². The molecule has 0 radical (unpaired) electrons. The summed E-state index contributed by atoms with van der Waals surface area (Å²) in [5, 5.41) is 3.35. The smallest absolute Gasteiger partial charge is 0.362 e. The fourth-order valence-corrected chi connectivity index (χ4v) is 2.13. The number of allylic oxidation sites excluding steroid dienone is 1. The molecule has 23 heavy (non-hydrogen) atoms. The lowest BCUT2D eigenvalue weighted by Gasteiger charge is -2.07. The van der Waals surface area contributed by atoms with Crippen molar-refractivity contribution in [3.05, 3.63) is 75.9 Å². The zero-order valence-electron chi connectivity index (χ0n) is 11.5. The topological polar surface area (TPSA) is 29.1 Å². The average Bonchev–Trinajstić information content (AvgIpc) is 2.49. The van der Waals surface area contributed by atoms with Gasteiger partial charge in [-0.1, -0.05) is 23.2 Å². The molecule has 0 atom stereocenters. The van der Waals surface area contributed by atoms with E-state index in [1.54, 1.807) is 6.07 Å². The number of rotatable bonds is 4. The first-order valence-corrected chi connectivity index (χ1v) is 7.13. The zero-order chi connectivity index (χ0) is 17.0. The summed E-state index contributed by atoms with van der Waals surface area (Å²) in [4.78, 5) is 12.0. The first-order valence-electron chi connectivity index (χ1n) is 6.37. The molecule has 0 spiro atoms. The van der Waals surface area contributed by atoms with Crippen molar-refractivity contribution in [3.63, 3.8) is 0 Å². The molecule has 2 rings (SSSR count). The van der Waals surface area contributed by atoms with E-state index in [4.69, 9.17) is 23.2 Å². The van der Waals surface area contributed by atoms with Crippen molar-refractivity contribution in [1.29, 1.82) is 0 Å². The van der Waals surface area contributed by atoms with E-state index >= 15 is 0 Å². The third-order valence-corrected chi connectivity index (χ3v) is 3.46. The fraction of sp³-hybridized carbons (Fsp3) is 0.0625. The molecule has 1 N–H and O–H groups in total. The minimum Gasteiger partial charge on any atom is -0.362 e. The van der Waals surface area contributed by atoms with E-state index in [1.807, 2.05) is 0 Å². The minimum atomic E-state index is -4.38. The van der Waals surface area contributed by atoms with E-state index in [0.29, 0.717) is 10.7 Å². The Bertz CT molecular complexity index is 740. The van der Waals surface area contributed by atoms with Gasteiger partial charge in [0.15, 0.2) is 5.78 Å². The molecule has 7 heteroatoms. The summed E-state index contributed by atoms with van der Waals surface area (Å²) in [6, 6.07) is 8.94. The number of alkyl halides is 3. The molecule has 0 saturated carbocycles. The highest BCUT2D eigenvalue weighted by Gasteiger charge is 2.29. The van der Waals surface area contributed by atoms with Gasteiger partial charge in [0.05, 0.1) is 10.6 Å². The largest absolute Gasteiger partial charge is 0.416 e. The van der Waals surface area contributed by atoms with Crippen LogP contribution in [-0.4, -0.2) is 5.78 Å². The van der Waals surface area contributed by atoms with E-state index < -0.39 is 11.7 Å². The van der Waals surface area contributed by atoms with Gasteiger partial charge in [-0.05, 0) is 42.5 Å². The molecule has 2 aromatic rings. The van der Waals surface area contributed by atoms with Crippen molar-refractivity contribution in [2.75, 3.05) is 5.32 Å². The summed E-state index contributed by atoms with van der Waals surface area (Å²) >= 11 is 11.7. The normalized spacial score (nSPS) is 11.7. The van der Waals surface area contributed by atoms with Crippen molar-refractivity contribution in [2.24, 2.45) is 0 Å². The van der Waals surface area contributed by atoms with Crippen LogP contribution in [0, 0.1) is 0 Å². The van der Waals surface area contributed by atoms with Gasteiger partial charge in [-0.2, -0.15) is 13.2 Å². The number of hydrogen-bond acceptors (Lipinski definition) is 2. The third-order valence-electron chi connectivity index (χ3n) is 2.89. The highest BCUT2D eigenvalue weighted by atomic mass is 35.5. The number of carbonyl (C=O) groups excluding carboxylic acids is 1. The van der Waals surface area contributed by atoms with E-state index in [1.165, 1.54) is 36.5 Å². The summed E-state index contributed by atoms with van der Waals surface area (Å²) < 4.78 is 37.3. The number of ketones is 1. The van der Waals surface area contributed by atoms with E-state index in [-0.39, 0.29) is 16.4 Å². The number of benzene rings is 2. The number of hydrogen-bond donors (Lipinski definition) is 1. The van der Waals surface area contributed by atoms with Crippen molar-refractivity contribution in [3.8, 4) is 0 Å². The van der Waals surface area contributed by atoms with Gasteiger partial charge in [0, 0.05) is 28.5 Å². The second-order valence-corrected chi connectivity index (χ2v) is 5.38. The Morgan fingerprint density at radius 3 is 2.30 bits per heavy atom. The third kappa shape index (κ3) is 4.74. The maximum Gasteiger partial charge on any atom is 0.416 e. The first kappa shape index (κ1) is 17.4. The summed E-state index contributed by atoms with van der Waals surface area (Å²) in [6.07, 6.45) is -1.84. The lowest BCUT2D eigenvalue weighted by molar-refractivity contribution is -0.137. The Balaban J connectivity index is 2.04. The molecule has 0 aromatic heterocycles. The molecule has 0 heterocycles. The maximum atomic E-state index is 12.4. The molecule has 0 bridgehead atoms. The Hall–Kier alpha value is -1.98. The SMILES string of the molecule is O=C(C=CNc1ccc(C(F)(F)F)cc1)c1cc(Cl)ccc1Cl. The molecule has 0 aliphatic carbocycles. The van der Waals surface area contributed by atoms with Crippen LogP contribution in [0.2, 0.25) is 10.0 Å². The van der Waals surface area contributed by atoms with Crippen LogP contribution >= 0.6 is 23.2 Å². The van der Waals surface area contributed by atoms with E-state index in [0.717, 1.165) is 12.1 Å². The summed E-state index contributed by atoms with van der Waals surface area (Å²) in [5.74, 6) is -0.378. The van der Waals surface area contributed by atoms with Crippen LogP contribution in [0.25, 0.3) is 0 Å². The quantitative estimate of drug-likeness (QED) is 0.550. The van der Waals surface area contributed by atoms with Crippen molar-refractivity contribution in [1.82, 2.24) is 0 Å². The highest BCUT2D eigenvalue weighted by Crippen LogP contribution is 2.29. The van der Waals surface area contributed by atoms with Crippen molar-refractivity contribution in [2.45, 2.75) is 6.18 Å². The molecule has 0 aliphatic rings. The molecule has 2 aromatic carbocycles. The summed E-state index contributed by atoms with van der Waals surface area (Å²) in [7, 11) is 0. The second-order valence-electron chi connectivity index (χ2n) is 4.54. The first-order chi connectivity index (χ1) is 10.8. The van der Waals surface area contributed by atoms with Gasteiger partial charge in [-0.3, -0.25) is 4.79 Å². The van der Waals surface area contributed by atoms with Crippen LogP contribution in [0.15, 0.2) is 54.7 Å². The van der Waals surface area contributed by atoms with Crippen molar-refractivity contribution >= 4 is 34.7 Å². The lowest BCUT2D eigenvalue weighted by atomic mass is 10.1. The van der Waals surface area contributed by atoms with Crippen LogP contribution in [0.5, 0.6) is 0 Å². The predicted octanol–water partition coefficient (Wildman–Crippen LogP) is 5.82. The Morgan fingerprint density at radius 2 is 1.70 bits per heavy atom. The Morgan fingerprint density at radius 1 is 1.04 bits per heavy atom. The van der Waals surface area contributed by atoms with Crippen LogP contribution < -0.4 is 5.32 Å². The Labute approximate surface area is 140 Å². The van der Waals surface area contributed by atoms with Crippen LogP contribution in [0.3, 0.4) is 0 Å². The summed E-state index contributed by atoms with van der Waals surface area (Å²) in [5.41, 5.74) is -0.0855. The van der Waals surface area contributed by atoms with Gasteiger partial charge in [-0.25, -0.2) is 0 Å². The molecule has 0 aliphatic heterocycles. The van der Waals surface area contributed by atoms with Crippen LogP contribution in [-0.2, 0) is 6.18 Å². The van der Waals surface area contributed by atoms with Crippen molar-refractivity contribution < 1.29 is 18.0 Å². The molecule has 120 valence electrons. The fourth-order valence-electron chi connectivity index (χ4n) is 1.75. The maximum absolute atomic E-state index is 12.4. The number of halogens is 5. The molecule has 0 fully saturated rings. The standard InChI is InChI=1S/C16H10Cl2F3NO/c17-11-3-6-14(18)13(9-11)15(23)7-8-22-12-4-1-10(2-5-12)16(19,20)21/h1-9,22H. The highest BCUT2D eigenvalue weighted by molar-refractivity contribution is 6.36. The molecule has 0 saturated heterocycles. The molecule has 0 unspecified atom stereocenters. The molecule has 2 nitrogen and oxygen atoms in total. The monoisotopic (exact) mass is 359 g/mol. The molecular weight excluding hydrogens is 350 g/mol.